The van der Waals surface area contributed by atoms with Crippen LogP contribution < -0.4 is 4.90 Å². The van der Waals surface area contributed by atoms with Gasteiger partial charge >= 0.3 is 5.97 Å². The number of carbonyl (C=O) groups is 1. The molecule has 7 heteroatoms. The van der Waals surface area contributed by atoms with Crippen molar-refractivity contribution in [3.8, 4) is 0 Å². The van der Waals surface area contributed by atoms with Crippen LogP contribution in [0.15, 0.2) is 12.1 Å². The summed E-state index contributed by atoms with van der Waals surface area (Å²) >= 11 is 0. The van der Waals surface area contributed by atoms with Gasteiger partial charge in [-0.3, -0.25) is 4.79 Å². The first-order chi connectivity index (χ1) is 9.63. The second kappa shape index (κ2) is 5.09. The topological polar surface area (TPSA) is 78.4 Å². The van der Waals surface area contributed by atoms with Gasteiger partial charge in [-0.1, -0.05) is 0 Å². The van der Waals surface area contributed by atoms with E-state index in [0.717, 1.165) is 0 Å². The molecule has 0 radical (unpaired) electrons. The molecule has 0 bridgehead atoms. The summed E-state index contributed by atoms with van der Waals surface area (Å²) in [5.41, 5.74) is 1.56. The molecule has 2 heterocycles. The number of rotatable bonds is 3. The van der Waals surface area contributed by atoms with Crippen molar-refractivity contribution in [2.45, 2.75) is 6.42 Å². The summed E-state index contributed by atoms with van der Waals surface area (Å²) in [6, 6.07) is 3.01. The Morgan fingerprint density at radius 1 is 1.45 bits per heavy atom. The third kappa shape index (κ3) is 2.44. The first kappa shape index (κ1) is 12.9. The number of hydrogen-bond acceptors (Lipinski definition) is 4. The van der Waals surface area contributed by atoms with Gasteiger partial charge in [-0.15, -0.1) is 0 Å². The Kier molecular flexibility index (Phi) is 3.27. The molecule has 1 fully saturated rings. The second-order valence-electron chi connectivity index (χ2n) is 4.67. The summed E-state index contributed by atoms with van der Waals surface area (Å²) in [6.07, 6.45) is -0.205. The van der Waals surface area contributed by atoms with Crippen LogP contribution in [0.5, 0.6) is 0 Å². The number of ether oxygens (including phenoxy) is 1. The Labute approximate surface area is 114 Å². The molecule has 6 nitrogen and oxygen atoms in total. The molecule has 0 aliphatic carbocycles. The molecule has 20 heavy (non-hydrogen) atoms. The lowest BCUT2D eigenvalue weighted by Crippen LogP contribution is -2.36. The normalized spacial score (nSPS) is 15.8. The van der Waals surface area contributed by atoms with Crippen LogP contribution in [0.25, 0.3) is 11.0 Å². The number of morpholine rings is 1. The van der Waals surface area contributed by atoms with E-state index in [4.69, 9.17) is 9.84 Å². The van der Waals surface area contributed by atoms with Gasteiger partial charge in [0.25, 0.3) is 0 Å². The lowest BCUT2D eigenvalue weighted by Gasteiger charge is -2.29. The maximum Gasteiger partial charge on any atom is 0.311 e. The Balaban J connectivity index is 1.97. The van der Waals surface area contributed by atoms with Crippen molar-refractivity contribution < 1.29 is 19.0 Å². The molecule has 1 saturated heterocycles. The van der Waals surface area contributed by atoms with Crippen molar-refractivity contribution in [2.75, 3.05) is 31.2 Å². The first-order valence-corrected chi connectivity index (χ1v) is 6.36. The average Bonchev–Trinajstić information content (AvgIpc) is 2.79. The van der Waals surface area contributed by atoms with E-state index in [-0.39, 0.29) is 12.2 Å². The Morgan fingerprint density at radius 2 is 2.20 bits per heavy atom. The predicted octanol–water partition coefficient (Wildman–Crippen LogP) is 1.17. The van der Waals surface area contributed by atoms with Crippen molar-refractivity contribution in [1.29, 1.82) is 0 Å². The first-order valence-electron chi connectivity index (χ1n) is 6.36. The highest BCUT2D eigenvalue weighted by molar-refractivity contribution is 5.81. The number of benzene rings is 1. The zero-order valence-electron chi connectivity index (χ0n) is 10.7. The van der Waals surface area contributed by atoms with E-state index >= 15 is 0 Å². The van der Waals surface area contributed by atoms with Crippen LogP contribution in [0.2, 0.25) is 0 Å². The standard InChI is InChI=1S/C13H14FN3O3/c14-8-5-9-10(16-12(15-9)7-13(18)19)6-11(8)17-1-3-20-4-2-17/h5-6H,1-4,7H2,(H,15,16)(H,18,19). The number of aromatic amines is 1. The lowest BCUT2D eigenvalue weighted by molar-refractivity contribution is -0.136. The molecule has 0 atom stereocenters. The number of aliphatic carboxylic acids is 1. The molecule has 0 saturated carbocycles. The number of hydrogen-bond donors (Lipinski definition) is 2. The molecular formula is C13H14FN3O3. The summed E-state index contributed by atoms with van der Waals surface area (Å²) in [5, 5.41) is 8.75. The molecule has 1 aliphatic rings. The molecule has 3 rings (SSSR count). The van der Waals surface area contributed by atoms with Gasteiger partial charge in [0.15, 0.2) is 0 Å². The zero-order valence-corrected chi connectivity index (χ0v) is 10.7. The fourth-order valence-corrected chi connectivity index (χ4v) is 2.35. The number of carboxylic acid groups (broad SMARTS) is 1. The lowest BCUT2D eigenvalue weighted by atomic mass is 10.2. The van der Waals surface area contributed by atoms with E-state index in [1.54, 1.807) is 6.07 Å². The molecule has 1 aromatic carbocycles. The van der Waals surface area contributed by atoms with Crippen LogP contribution in [-0.4, -0.2) is 47.3 Å². The molecule has 0 amide bonds. The van der Waals surface area contributed by atoms with Crippen LogP contribution in [0.4, 0.5) is 10.1 Å². The summed E-state index contributed by atoms with van der Waals surface area (Å²) < 4.78 is 19.4. The number of aromatic nitrogens is 2. The van der Waals surface area contributed by atoms with E-state index < -0.39 is 5.97 Å². The molecule has 0 spiro atoms. The monoisotopic (exact) mass is 279 g/mol. The smallest absolute Gasteiger partial charge is 0.311 e. The number of halogens is 1. The minimum atomic E-state index is -0.974. The fourth-order valence-electron chi connectivity index (χ4n) is 2.35. The molecule has 0 unspecified atom stereocenters. The van der Waals surface area contributed by atoms with E-state index in [1.165, 1.54) is 6.07 Å². The Morgan fingerprint density at radius 3 is 2.90 bits per heavy atom. The number of nitrogens with zero attached hydrogens (tertiary/aromatic N) is 2. The number of carboxylic acids is 1. The van der Waals surface area contributed by atoms with Gasteiger partial charge < -0.3 is 19.7 Å². The quantitative estimate of drug-likeness (QED) is 0.881. The van der Waals surface area contributed by atoms with Crippen molar-refractivity contribution in [1.82, 2.24) is 9.97 Å². The van der Waals surface area contributed by atoms with Crippen LogP contribution in [0.1, 0.15) is 5.82 Å². The maximum atomic E-state index is 14.1. The predicted molar refractivity (Wildman–Crippen MR) is 70.4 cm³/mol. The molecular weight excluding hydrogens is 265 g/mol. The van der Waals surface area contributed by atoms with Crippen LogP contribution >= 0.6 is 0 Å². The van der Waals surface area contributed by atoms with Gasteiger partial charge in [-0.2, -0.15) is 0 Å². The van der Waals surface area contributed by atoms with Gasteiger partial charge in [0, 0.05) is 19.2 Å². The highest BCUT2D eigenvalue weighted by atomic mass is 19.1. The minimum Gasteiger partial charge on any atom is -0.481 e. The molecule has 2 aromatic rings. The summed E-state index contributed by atoms with van der Waals surface area (Å²) in [7, 11) is 0. The summed E-state index contributed by atoms with van der Waals surface area (Å²) in [6.45, 7) is 2.41. The van der Waals surface area contributed by atoms with E-state index in [0.29, 0.717) is 48.8 Å². The van der Waals surface area contributed by atoms with Crippen LogP contribution in [0.3, 0.4) is 0 Å². The van der Waals surface area contributed by atoms with Crippen molar-refractivity contribution in [2.24, 2.45) is 0 Å². The third-order valence-electron chi connectivity index (χ3n) is 3.27. The highest BCUT2D eigenvalue weighted by Crippen LogP contribution is 2.25. The number of nitrogens with one attached hydrogen (secondary N) is 1. The largest absolute Gasteiger partial charge is 0.481 e. The number of H-pyrrole nitrogens is 1. The molecule has 1 aromatic heterocycles. The van der Waals surface area contributed by atoms with Gasteiger partial charge in [0.2, 0.25) is 0 Å². The van der Waals surface area contributed by atoms with Gasteiger partial charge in [-0.05, 0) is 6.07 Å². The van der Waals surface area contributed by atoms with Crippen LogP contribution in [0, 0.1) is 5.82 Å². The Bertz CT molecular complexity index is 650. The molecule has 2 N–H and O–H groups in total. The van der Waals surface area contributed by atoms with E-state index in [2.05, 4.69) is 9.97 Å². The highest BCUT2D eigenvalue weighted by Gasteiger charge is 2.17. The number of imidazole rings is 1. The fraction of sp³-hybridized carbons (Fsp3) is 0.385. The molecule has 106 valence electrons. The van der Waals surface area contributed by atoms with Crippen LogP contribution in [-0.2, 0) is 16.0 Å². The van der Waals surface area contributed by atoms with Crippen molar-refractivity contribution in [3.63, 3.8) is 0 Å². The Hall–Kier alpha value is -2.15. The van der Waals surface area contributed by atoms with E-state index in [1.807, 2.05) is 4.90 Å². The third-order valence-corrected chi connectivity index (χ3v) is 3.27. The summed E-state index contributed by atoms with van der Waals surface area (Å²) in [4.78, 5) is 19.6. The molecule has 1 aliphatic heterocycles. The second-order valence-corrected chi connectivity index (χ2v) is 4.67. The van der Waals surface area contributed by atoms with Crippen molar-refractivity contribution >= 4 is 22.7 Å². The number of anilines is 1. The summed E-state index contributed by atoms with van der Waals surface area (Å²) in [5.74, 6) is -0.992. The van der Waals surface area contributed by atoms with Gasteiger partial charge in [0.05, 0.1) is 29.9 Å². The number of fused-ring (bicyclic) bond motifs is 1. The zero-order chi connectivity index (χ0) is 14.1. The van der Waals surface area contributed by atoms with Gasteiger partial charge in [0.1, 0.15) is 18.1 Å². The SMILES string of the molecule is O=C(O)Cc1nc2cc(N3CCOCC3)c(F)cc2[nH]1. The minimum absolute atomic E-state index is 0.205. The van der Waals surface area contributed by atoms with E-state index in [9.17, 15) is 9.18 Å². The maximum absolute atomic E-state index is 14.1. The van der Waals surface area contributed by atoms with Crippen molar-refractivity contribution in [3.05, 3.63) is 23.8 Å². The van der Waals surface area contributed by atoms with Gasteiger partial charge in [-0.25, -0.2) is 9.37 Å². The average molecular weight is 279 g/mol.